The number of sulfone groups is 1. The average Bonchev–Trinajstić information content (AvgIpc) is 3.55. The van der Waals surface area contributed by atoms with E-state index in [9.17, 15) is 12.8 Å². The van der Waals surface area contributed by atoms with Crippen molar-refractivity contribution in [3.05, 3.63) is 59.9 Å². The van der Waals surface area contributed by atoms with Crippen molar-refractivity contribution in [2.24, 2.45) is 10.9 Å². The zero-order valence-electron chi connectivity index (χ0n) is 17.5. The third-order valence-electron chi connectivity index (χ3n) is 4.73. The van der Waals surface area contributed by atoms with Gasteiger partial charge in [0.25, 0.3) is 0 Å². The topological polar surface area (TPSA) is 79.8 Å². The molecule has 1 saturated carbocycles. The van der Waals surface area contributed by atoms with Crippen LogP contribution in [-0.2, 0) is 16.4 Å². The highest BCUT2D eigenvalue weighted by Crippen LogP contribution is 2.30. The summed E-state index contributed by atoms with van der Waals surface area (Å²) in [4.78, 5) is 4.26. The first-order chi connectivity index (χ1) is 14.5. The van der Waals surface area contributed by atoms with Crippen LogP contribution in [0.15, 0.2) is 58.4 Å². The van der Waals surface area contributed by atoms with Gasteiger partial charge >= 0.3 is 0 Å². The Bertz CT molecular complexity index is 981. The van der Waals surface area contributed by atoms with Crippen molar-refractivity contribution in [1.82, 2.24) is 10.6 Å². The SMILES string of the molecule is CCNC(=NCc1ccccc1OCC1CC1)NCCS(=O)(=O)c1ccccc1F.I. The molecule has 0 aromatic heterocycles. The van der Waals surface area contributed by atoms with Crippen molar-refractivity contribution >= 4 is 39.8 Å². The molecule has 170 valence electrons. The number of guanidine groups is 1. The lowest BCUT2D eigenvalue weighted by atomic mass is 10.2. The summed E-state index contributed by atoms with van der Waals surface area (Å²) in [7, 11) is -3.73. The van der Waals surface area contributed by atoms with E-state index in [4.69, 9.17) is 4.74 Å². The minimum atomic E-state index is -3.73. The van der Waals surface area contributed by atoms with Crippen molar-refractivity contribution in [3.63, 3.8) is 0 Å². The Balaban J connectivity index is 0.00000341. The summed E-state index contributed by atoms with van der Waals surface area (Å²) >= 11 is 0. The van der Waals surface area contributed by atoms with Gasteiger partial charge in [0.15, 0.2) is 15.8 Å². The maximum Gasteiger partial charge on any atom is 0.191 e. The fourth-order valence-electron chi connectivity index (χ4n) is 2.88. The average molecular weight is 561 g/mol. The highest BCUT2D eigenvalue weighted by Gasteiger charge is 2.22. The molecule has 0 atom stereocenters. The van der Waals surface area contributed by atoms with E-state index < -0.39 is 15.7 Å². The van der Waals surface area contributed by atoms with Gasteiger partial charge in [0.2, 0.25) is 0 Å². The summed E-state index contributed by atoms with van der Waals surface area (Å²) in [5.74, 6) is 1.02. The van der Waals surface area contributed by atoms with Crippen LogP contribution in [0, 0.1) is 11.7 Å². The standard InChI is InChI=1S/C22H28FN3O3S.HI/c1-2-24-22(25-13-14-30(27,28)21-10-6-4-8-19(21)23)26-15-18-7-3-5-9-20(18)29-16-17-11-12-17;/h3-10,17H,2,11-16H2,1H3,(H2,24,25,26);1H. The lowest BCUT2D eigenvalue weighted by Crippen LogP contribution is -2.39. The van der Waals surface area contributed by atoms with Crippen LogP contribution in [0.4, 0.5) is 4.39 Å². The zero-order chi connectivity index (χ0) is 21.4. The van der Waals surface area contributed by atoms with Crippen LogP contribution < -0.4 is 15.4 Å². The van der Waals surface area contributed by atoms with Crippen LogP contribution in [-0.4, -0.2) is 39.8 Å². The number of hydrogen-bond donors (Lipinski definition) is 2. The molecular formula is C22H29FIN3O3S. The van der Waals surface area contributed by atoms with Crippen LogP contribution in [0.5, 0.6) is 5.75 Å². The van der Waals surface area contributed by atoms with Crippen LogP contribution >= 0.6 is 24.0 Å². The molecule has 2 aromatic carbocycles. The molecule has 3 rings (SSSR count). The molecule has 2 aromatic rings. The zero-order valence-corrected chi connectivity index (χ0v) is 20.7. The highest BCUT2D eigenvalue weighted by atomic mass is 127. The molecular weight excluding hydrogens is 532 g/mol. The second-order valence-electron chi connectivity index (χ2n) is 7.23. The molecule has 1 fully saturated rings. The van der Waals surface area contributed by atoms with E-state index in [0.29, 0.717) is 25.0 Å². The van der Waals surface area contributed by atoms with Gasteiger partial charge in [0.05, 0.1) is 18.9 Å². The van der Waals surface area contributed by atoms with Crippen molar-refractivity contribution in [2.45, 2.75) is 31.2 Å². The summed E-state index contributed by atoms with van der Waals surface area (Å²) in [5, 5.41) is 6.11. The largest absolute Gasteiger partial charge is 0.493 e. The Hall–Kier alpha value is -1.88. The number of aliphatic imine (C=N–C) groups is 1. The van der Waals surface area contributed by atoms with Crippen molar-refractivity contribution in [1.29, 1.82) is 0 Å². The number of ether oxygens (including phenoxy) is 1. The third kappa shape index (κ3) is 7.95. The van der Waals surface area contributed by atoms with Crippen LogP contribution in [0.1, 0.15) is 25.3 Å². The number of hydrogen-bond acceptors (Lipinski definition) is 4. The summed E-state index contributed by atoms with van der Waals surface area (Å²) in [5.41, 5.74) is 0.967. The molecule has 0 spiro atoms. The number of halogens is 2. The van der Waals surface area contributed by atoms with Crippen LogP contribution in [0.2, 0.25) is 0 Å². The molecule has 9 heteroatoms. The predicted octanol–water partition coefficient (Wildman–Crippen LogP) is 3.76. The predicted molar refractivity (Wildman–Crippen MR) is 131 cm³/mol. The fourth-order valence-corrected chi connectivity index (χ4v) is 4.13. The monoisotopic (exact) mass is 561 g/mol. The van der Waals surface area contributed by atoms with Gasteiger partial charge in [-0.1, -0.05) is 30.3 Å². The van der Waals surface area contributed by atoms with Crippen molar-refractivity contribution in [2.75, 3.05) is 25.4 Å². The Morgan fingerprint density at radius 2 is 1.84 bits per heavy atom. The van der Waals surface area contributed by atoms with E-state index in [1.165, 1.54) is 31.0 Å². The maximum atomic E-state index is 13.8. The quantitative estimate of drug-likeness (QED) is 0.263. The molecule has 0 heterocycles. The maximum absolute atomic E-state index is 13.8. The summed E-state index contributed by atoms with van der Waals surface area (Å²) in [6.45, 7) is 3.80. The van der Waals surface area contributed by atoms with Crippen LogP contribution in [0.3, 0.4) is 0 Å². The van der Waals surface area contributed by atoms with E-state index in [0.717, 1.165) is 24.0 Å². The number of nitrogens with zero attached hydrogens (tertiary/aromatic N) is 1. The van der Waals surface area contributed by atoms with E-state index in [1.807, 2.05) is 31.2 Å². The second kappa shape index (κ2) is 12.2. The van der Waals surface area contributed by atoms with Gasteiger partial charge in [0, 0.05) is 18.7 Å². The minimum Gasteiger partial charge on any atom is -0.493 e. The molecule has 0 amide bonds. The molecule has 1 aliphatic rings. The Labute approximate surface area is 200 Å². The lowest BCUT2D eigenvalue weighted by molar-refractivity contribution is 0.297. The third-order valence-corrected chi connectivity index (χ3v) is 6.47. The summed E-state index contributed by atoms with van der Waals surface area (Å²) < 4.78 is 44.5. The number of benzene rings is 2. The summed E-state index contributed by atoms with van der Waals surface area (Å²) in [6.07, 6.45) is 2.45. The molecule has 1 aliphatic carbocycles. The Morgan fingerprint density at radius 3 is 2.55 bits per heavy atom. The number of rotatable bonds is 10. The van der Waals surface area contributed by atoms with E-state index in [2.05, 4.69) is 15.6 Å². The molecule has 2 N–H and O–H groups in total. The fraction of sp³-hybridized carbons (Fsp3) is 0.409. The van der Waals surface area contributed by atoms with E-state index in [-0.39, 0.29) is 41.2 Å². The van der Waals surface area contributed by atoms with Crippen molar-refractivity contribution < 1.29 is 17.5 Å². The van der Waals surface area contributed by atoms with E-state index in [1.54, 1.807) is 0 Å². The highest BCUT2D eigenvalue weighted by molar-refractivity contribution is 14.0. The minimum absolute atomic E-state index is 0. The van der Waals surface area contributed by atoms with Gasteiger partial charge in [-0.15, -0.1) is 24.0 Å². The molecule has 0 unspecified atom stereocenters. The molecule has 0 aliphatic heterocycles. The Kier molecular flexibility index (Phi) is 10.0. The first-order valence-corrected chi connectivity index (χ1v) is 11.8. The molecule has 0 radical (unpaired) electrons. The number of nitrogens with one attached hydrogen (secondary N) is 2. The Morgan fingerprint density at radius 1 is 1.13 bits per heavy atom. The van der Waals surface area contributed by atoms with Crippen molar-refractivity contribution in [3.8, 4) is 5.75 Å². The second-order valence-corrected chi connectivity index (χ2v) is 9.31. The van der Waals surface area contributed by atoms with E-state index >= 15 is 0 Å². The number of para-hydroxylation sites is 1. The first-order valence-electron chi connectivity index (χ1n) is 10.2. The normalized spacial score (nSPS) is 13.9. The van der Waals surface area contributed by atoms with Gasteiger partial charge < -0.3 is 15.4 Å². The molecule has 31 heavy (non-hydrogen) atoms. The molecule has 0 bridgehead atoms. The van der Waals surface area contributed by atoms with Crippen LogP contribution in [0.25, 0.3) is 0 Å². The summed E-state index contributed by atoms with van der Waals surface area (Å²) in [6, 6.07) is 13.2. The molecule has 6 nitrogen and oxygen atoms in total. The van der Waals surface area contributed by atoms with Gasteiger partial charge in [-0.3, -0.25) is 0 Å². The lowest BCUT2D eigenvalue weighted by Gasteiger charge is -2.13. The van der Waals surface area contributed by atoms with Gasteiger partial charge in [-0.25, -0.2) is 17.8 Å². The van der Waals surface area contributed by atoms with Gasteiger partial charge in [-0.2, -0.15) is 0 Å². The van der Waals surface area contributed by atoms with Gasteiger partial charge in [0.1, 0.15) is 16.5 Å². The van der Waals surface area contributed by atoms with Gasteiger partial charge in [-0.05, 0) is 43.9 Å². The first kappa shape index (κ1) is 25.4. The smallest absolute Gasteiger partial charge is 0.191 e. The molecule has 0 saturated heterocycles.